The Morgan fingerprint density at radius 1 is 1.32 bits per heavy atom. The molecule has 0 aliphatic carbocycles. The van der Waals surface area contributed by atoms with E-state index in [4.69, 9.17) is 4.74 Å². The molecule has 3 rings (SSSR count). The van der Waals surface area contributed by atoms with Gasteiger partial charge in [0.2, 0.25) is 0 Å². The van der Waals surface area contributed by atoms with E-state index in [1.54, 1.807) is 16.9 Å². The van der Waals surface area contributed by atoms with Crippen molar-refractivity contribution in [3.63, 3.8) is 0 Å². The second-order valence-corrected chi connectivity index (χ2v) is 5.98. The number of amides is 2. The molecule has 0 bridgehead atoms. The molecule has 0 spiro atoms. The van der Waals surface area contributed by atoms with E-state index < -0.39 is 0 Å². The molecule has 1 aliphatic rings. The topological polar surface area (TPSA) is 71.4 Å². The maximum atomic E-state index is 13.9. The molecule has 2 amide bonds. The minimum absolute atomic E-state index is 0.358. The summed E-state index contributed by atoms with van der Waals surface area (Å²) in [6.45, 7) is 4.93. The molecule has 1 fully saturated rings. The summed E-state index contributed by atoms with van der Waals surface area (Å²) in [6, 6.07) is 4.15. The summed E-state index contributed by atoms with van der Waals surface area (Å²) in [5.41, 5.74) is 3.08. The first-order chi connectivity index (χ1) is 12.0. The highest BCUT2D eigenvalue weighted by atomic mass is 19.1. The largest absolute Gasteiger partial charge is 0.378 e. The highest BCUT2D eigenvalue weighted by molar-refractivity contribution is 5.89. The number of morpholine rings is 1. The lowest BCUT2D eigenvalue weighted by molar-refractivity contribution is 0.122. The maximum Gasteiger partial charge on any atom is 0.319 e. The second kappa shape index (κ2) is 7.52. The summed E-state index contributed by atoms with van der Waals surface area (Å²) >= 11 is 0. The Hall–Kier alpha value is -2.61. The molecular weight excluding hydrogens is 325 g/mol. The molecule has 1 aromatic carbocycles. The highest BCUT2D eigenvalue weighted by Crippen LogP contribution is 2.22. The van der Waals surface area contributed by atoms with E-state index >= 15 is 0 Å². The Bertz CT molecular complexity index is 755. The minimum atomic E-state index is -0.387. The van der Waals surface area contributed by atoms with Gasteiger partial charge in [0.1, 0.15) is 5.82 Å². The molecule has 8 heteroatoms. The van der Waals surface area contributed by atoms with E-state index in [0.29, 0.717) is 38.5 Å². The van der Waals surface area contributed by atoms with Crippen molar-refractivity contribution in [3.8, 4) is 0 Å². The lowest BCUT2D eigenvalue weighted by Gasteiger charge is -2.29. The Balaban J connectivity index is 1.62. The Morgan fingerprint density at radius 2 is 2.08 bits per heavy atom. The Labute approximate surface area is 145 Å². The number of ether oxygens (including phenoxy) is 1. The molecule has 2 heterocycles. The van der Waals surface area contributed by atoms with Crippen LogP contribution in [-0.2, 0) is 18.3 Å². The predicted molar refractivity (Wildman–Crippen MR) is 93.2 cm³/mol. The standard InChI is InChI=1S/C17H22FN5O2/c1-12-13(11-20-22(12)2)10-19-17(24)21-15-7-14(18)8-16(9-15)23-3-5-25-6-4-23/h7-9,11H,3-6,10H2,1-2H3,(H2,19,21,24). The fourth-order valence-corrected chi connectivity index (χ4v) is 2.72. The van der Waals surface area contributed by atoms with Crippen molar-refractivity contribution < 1.29 is 13.9 Å². The molecule has 1 aliphatic heterocycles. The molecule has 2 aromatic rings. The third-order valence-electron chi connectivity index (χ3n) is 4.29. The lowest BCUT2D eigenvalue weighted by atomic mass is 10.2. The molecule has 0 saturated carbocycles. The first kappa shape index (κ1) is 17.2. The van der Waals surface area contributed by atoms with Crippen LogP contribution in [0.15, 0.2) is 24.4 Å². The van der Waals surface area contributed by atoms with Crippen molar-refractivity contribution in [2.24, 2.45) is 7.05 Å². The zero-order valence-electron chi connectivity index (χ0n) is 14.4. The summed E-state index contributed by atoms with van der Waals surface area (Å²) in [7, 11) is 1.85. The van der Waals surface area contributed by atoms with Crippen LogP contribution in [0, 0.1) is 12.7 Å². The van der Waals surface area contributed by atoms with Crippen molar-refractivity contribution in [1.29, 1.82) is 0 Å². The number of benzene rings is 1. The van der Waals surface area contributed by atoms with Crippen LogP contribution in [0.1, 0.15) is 11.3 Å². The van der Waals surface area contributed by atoms with Crippen molar-refractivity contribution >= 4 is 17.4 Å². The fourth-order valence-electron chi connectivity index (χ4n) is 2.72. The number of rotatable bonds is 4. The highest BCUT2D eigenvalue weighted by Gasteiger charge is 2.14. The molecule has 0 atom stereocenters. The molecule has 1 saturated heterocycles. The number of hydrogen-bond donors (Lipinski definition) is 2. The van der Waals surface area contributed by atoms with Gasteiger partial charge in [0.15, 0.2) is 0 Å². The van der Waals surface area contributed by atoms with Crippen LogP contribution in [0.5, 0.6) is 0 Å². The number of aryl methyl sites for hydroxylation is 1. The van der Waals surface area contributed by atoms with Gasteiger partial charge in [-0.1, -0.05) is 0 Å². The monoisotopic (exact) mass is 347 g/mol. The number of nitrogens with one attached hydrogen (secondary N) is 2. The maximum absolute atomic E-state index is 13.9. The summed E-state index contributed by atoms with van der Waals surface area (Å²) in [4.78, 5) is 14.1. The number of carbonyl (C=O) groups is 1. The number of urea groups is 1. The summed E-state index contributed by atoms with van der Waals surface area (Å²) in [6.07, 6.45) is 1.72. The molecule has 7 nitrogen and oxygen atoms in total. The van der Waals surface area contributed by atoms with E-state index in [1.165, 1.54) is 12.1 Å². The molecule has 0 radical (unpaired) electrons. The van der Waals surface area contributed by atoms with Crippen LogP contribution in [0.4, 0.5) is 20.6 Å². The SMILES string of the molecule is Cc1c(CNC(=O)Nc2cc(F)cc(N3CCOCC3)c2)cnn1C. The van der Waals surface area contributed by atoms with E-state index in [2.05, 4.69) is 15.7 Å². The van der Waals surface area contributed by atoms with Gasteiger partial charge in [-0.2, -0.15) is 5.10 Å². The van der Waals surface area contributed by atoms with Gasteiger partial charge in [-0.15, -0.1) is 0 Å². The van der Waals surface area contributed by atoms with Gasteiger partial charge in [-0.05, 0) is 25.1 Å². The summed E-state index contributed by atoms with van der Waals surface area (Å²) in [5, 5.41) is 9.58. The molecule has 25 heavy (non-hydrogen) atoms. The molecule has 2 N–H and O–H groups in total. The summed E-state index contributed by atoms with van der Waals surface area (Å²) < 4.78 is 21.0. The zero-order chi connectivity index (χ0) is 17.8. The second-order valence-electron chi connectivity index (χ2n) is 5.98. The average molecular weight is 347 g/mol. The number of carbonyl (C=O) groups excluding carboxylic acids is 1. The fraction of sp³-hybridized carbons (Fsp3) is 0.412. The zero-order valence-corrected chi connectivity index (χ0v) is 14.4. The van der Waals surface area contributed by atoms with Crippen molar-refractivity contribution in [2.75, 3.05) is 36.5 Å². The third-order valence-corrected chi connectivity index (χ3v) is 4.29. The van der Waals surface area contributed by atoms with E-state index in [1.807, 2.05) is 18.9 Å². The van der Waals surface area contributed by atoms with Gasteiger partial charge in [0.05, 0.1) is 19.4 Å². The van der Waals surface area contributed by atoms with Crippen LogP contribution in [0.2, 0.25) is 0 Å². The first-order valence-corrected chi connectivity index (χ1v) is 8.18. The van der Waals surface area contributed by atoms with Crippen molar-refractivity contribution in [1.82, 2.24) is 15.1 Å². The van der Waals surface area contributed by atoms with Crippen LogP contribution in [0.25, 0.3) is 0 Å². The van der Waals surface area contributed by atoms with Crippen LogP contribution in [0.3, 0.4) is 0 Å². The number of halogens is 1. The van der Waals surface area contributed by atoms with Gasteiger partial charge in [0, 0.05) is 49.3 Å². The van der Waals surface area contributed by atoms with E-state index in [0.717, 1.165) is 16.9 Å². The number of nitrogens with zero attached hydrogens (tertiary/aromatic N) is 3. The van der Waals surface area contributed by atoms with Crippen LogP contribution >= 0.6 is 0 Å². The normalized spacial score (nSPS) is 14.4. The van der Waals surface area contributed by atoms with Gasteiger partial charge in [-0.3, -0.25) is 4.68 Å². The van der Waals surface area contributed by atoms with Gasteiger partial charge >= 0.3 is 6.03 Å². The molecular formula is C17H22FN5O2. The minimum Gasteiger partial charge on any atom is -0.378 e. The molecule has 1 aromatic heterocycles. The van der Waals surface area contributed by atoms with Crippen LogP contribution in [-0.4, -0.2) is 42.1 Å². The molecule has 134 valence electrons. The number of hydrogen-bond acceptors (Lipinski definition) is 4. The number of aromatic nitrogens is 2. The summed E-state index contributed by atoms with van der Waals surface area (Å²) in [5.74, 6) is -0.387. The smallest absolute Gasteiger partial charge is 0.319 e. The van der Waals surface area contributed by atoms with Crippen molar-refractivity contribution in [2.45, 2.75) is 13.5 Å². The van der Waals surface area contributed by atoms with Crippen LogP contribution < -0.4 is 15.5 Å². The lowest BCUT2D eigenvalue weighted by Crippen LogP contribution is -2.36. The third kappa shape index (κ3) is 4.27. The van der Waals surface area contributed by atoms with Gasteiger partial charge in [0.25, 0.3) is 0 Å². The van der Waals surface area contributed by atoms with Gasteiger partial charge in [-0.25, -0.2) is 9.18 Å². The Morgan fingerprint density at radius 3 is 2.76 bits per heavy atom. The average Bonchev–Trinajstić information content (AvgIpc) is 2.92. The predicted octanol–water partition coefficient (Wildman–Crippen LogP) is 2.03. The number of anilines is 2. The van der Waals surface area contributed by atoms with E-state index in [-0.39, 0.29) is 11.8 Å². The van der Waals surface area contributed by atoms with Gasteiger partial charge < -0.3 is 20.3 Å². The Kier molecular flexibility index (Phi) is 5.18. The van der Waals surface area contributed by atoms with Crippen molar-refractivity contribution in [3.05, 3.63) is 41.5 Å². The van der Waals surface area contributed by atoms with E-state index in [9.17, 15) is 9.18 Å². The molecule has 0 unspecified atom stereocenters. The first-order valence-electron chi connectivity index (χ1n) is 8.18. The quantitative estimate of drug-likeness (QED) is 0.888.